The number of carbonyl (C=O) groups is 1. The van der Waals surface area contributed by atoms with Crippen LogP contribution >= 0.6 is 0 Å². The molecule has 48 heavy (non-hydrogen) atoms. The van der Waals surface area contributed by atoms with Crippen LogP contribution in [0.2, 0.25) is 0 Å². The maximum Gasteiger partial charge on any atom is 0.356 e. The van der Waals surface area contributed by atoms with Gasteiger partial charge in [0.05, 0.1) is 43.4 Å². The van der Waals surface area contributed by atoms with Crippen molar-refractivity contribution >= 4 is 22.7 Å². The number of unbranched alkanes of at least 4 members (excludes halogenated alkanes) is 8. The molecule has 1 aliphatic heterocycles. The zero-order chi connectivity index (χ0) is 34.0. The molecule has 0 amide bonds. The summed E-state index contributed by atoms with van der Waals surface area (Å²) < 4.78 is 14.7. The number of esters is 1. The molecule has 1 aliphatic rings. The number of pyridine rings is 1. The van der Waals surface area contributed by atoms with Crippen molar-refractivity contribution in [2.45, 2.75) is 104 Å². The van der Waals surface area contributed by atoms with Gasteiger partial charge in [0.25, 0.3) is 0 Å². The Morgan fingerprint density at radius 3 is 2.35 bits per heavy atom. The van der Waals surface area contributed by atoms with Gasteiger partial charge in [0.1, 0.15) is 29.9 Å². The standard InChI is InChI=1S/C37H50N8O3/c1-36(2,3)17-12-10-8-6-5-7-9-11-13-21-48-28-43-20-16-31-33(40-27-41-34(31)43)29-22-42-45(24-29)37(18-19-38)25-44(26-37)30-14-15-32(39-23-30)35(46)47-4/h14-16,20,22-24,27H,5-13,17-18,21,25-26,28H2,1-4H3. The van der Waals surface area contributed by atoms with E-state index in [1.165, 1.54) is 64.9 Å². The van der Waals surface area contributed by atoms with E-state index >= 15 is 0 Å². The molecule has 256 valence electrons. The monoisotopic (exact) mass is 654 g/mol. The van der Waals surface area contributed by atoms with E-state index in [0.717, 1.165) is 41.0 Å². The smallest absolute Gasteiger partial charge is 0.356 e. The molecular weight excluding hydrogens is 604 g/mol. The maximum absolute atomic E-state index is 11.7. The van der Waals surface area contributed by atoms with E-state index in [4.69, 9.17) is 9.47 Å². The molecule has 1 saturated heterocycles. The maximum atomic E-state index is 11.7. The number of aromatic nitrogens is 6. The van der Waals surface area contributed by atoms with Crippen molar-refractivity contribution in [3.05, 3.63) is 55.0 Å². The third-order valence-electron chi connectivity index (χ3n) is 9.23. The number of hydrogen-bond acceptors (Lipinski definition) is 9. The Bertz CT molecular complexity index is 1660. The van der Waals surface area contributed by atoms with Crippen LogP contribution in [-0.4, -0.2) is 62.1 Å². The molecule has 0 spiro atoms. The Morgan fingerprint density at radius 2 is 1.69 bits per heavy atom. The molecule has 1 fully saturated rings. The first kappa shape index (κ1) is 35.0. The summed E-state index contributed by atoms with van der Waals surface area (Å²) in [5, 5.41) is 15.3. The van der Waals surface area contributed by atoms with Crippen LogP contribution in [0.15, 0.2) is 49.3 Å². The van der Waals surface area contributed by atoms with Crippen molar-refractivity contribution < 1.29 is 14.3 Å². The van der Waals surface area contributed by atoms with Crippen LogP contribution in [0.25, 0.3) is 22.3 Å². The fourth-order valence-corrected chi connectivity index (χ4v) is 6.43. The normalized spacial score (nSPS) is 14.2. The molecule has 0 N–H and O–H groups in total. The SMILES string of the molecule is COC(=O)c1ccc(N2CC(CC#N)(n3cc(-c4ncnc5c4ccn5COCCCCCCCCCCCC(C)(C)C)cn3)C2)cn1. The molecule has 0 atom stereocenters. The van der Waals surface area contributed by atoms with E-state index in [-0.39, 0.29) is 5.69 Å². The largest absolute Gasteiger partial charge is 0.464 e. The minimum Gasteiger partial charge on any atom is -0.464 e. The van der Waals surface area contributed by atoms with Crippen molar-refractivity contribution in [1.29, 1.82) is 5.26 Å². The third-order valence-corrected chi connectivity index (χ3v) is 9.23. The summed E-state index contributed by atoms with van der Waals surface area (Å²) in [7, 11) is 1.33. The van der Waals surface area contributed by atoms with Crippen molar-refractivity contribution in [3.8, 4) is 17.3 Å². The summed E-state index contributed by atoms with van der Waals surface area (Å²) in [6.45, 7) is 9.35. The predicted molar refractivity (Wildman–Crippen MR) is 186 cm³/mol. The predicted octanol–water partition coefficient (Wildman–Crippen LogP) is 7.53. The summed E-state index contributed by atoms with van der Waals surface area (Å²) in [6, 6.07) is 7.85. The van der Waals surface area contributed by atoms with Gasteiger partial charge in [0.15, 0.2) is 0 Å². The Morgan fingerprint density at radius 1 is 0.958 bits per heavy atom. The van der Waals surface area contributed by atoms with E-state index in [0.29, 0.717) is 31.7 Å². The summed E-state index contributed by atoms with van der Waals surface area (Å²) in [5.41, 5.74) is 3.60. The minimum absolute atomic E-state index is 0.257. The van der Waals surface area contributed by atoms with E-state index in [2.05, 4.69) is 51.8 Å². The van der Waals surface area contributed by atoms with Gasteiger partial charge in [-0.25, -0.2) is 19.7 Å². The molecule has 0 saturated carbocycles. The van der Waals surface area contributed by atoms with Crippen LogP contribution in [0, 0.1) is 16.7 Å². The van der Waals surface area contributed by atoms with Gasteiger partial charge in [-0.05, 0) is 36.5 Å². The number of rotatable bonds is 18. The number of carbonyl (C=O) groups excluding carboxylic acids is 1. The van der Waals surface area contributed by atoms with Crippen LogP contribution in [-0.2, 0) is 21.7 Å². The van der Waals surface area contributed by atoms with Crippen molar-refractivity contribution in [3.63, 3.8) is 0 Å². The lowest BCUT2D eigenvalue weighted by Crippen LogP contribution is -2.63. The van der Waals surface area contributed by atoms with Crippen LogP contribution in [0.4, 0.5) is 5.69 Å². The minimum atomic E-state index is -0.480. The Kier molecular flexibility index (Phi) is 11.8. The molecular formula is C37H50N8O3. The molecule has 4 aromatic rings. The number of nitriles is 1. The first-order valence-corrected chi connectivity index (χ1v) is 17.3. The van der Waals surface area contributed by atoms with Gasteiger partial charge in [-0.3, -0.25) is 4.68 Å². The van der Waals surface area contributed by atoms with E-state index < -0.39 is 11.5 Å². The fourth-order valence-electron chi connectivity index (χ4n) is 6.43. The van der Waals surface area contributed by atoms with E-state index in [1.54, 1.807) is 24.8 Å². The number of ether oxygens (including phenoxy) is 2. The number of anilines is 1. The highest BCUT2D eigenvalue weighted by Gasteiger charge is 2.46. The highest BCUT2D eigenvalue weighted by molar-refractivity contribution is 5.90. The molecule has 11 nitrogen and oxygen atoms in total. The molecule has 0 bridgehead atoms. The highest BCUT2D eigenvalue weighted by atomic mass is 16.5. The number of nitrogens with zero attached hydrogens (tertiary/aromatic N) is 8. The lowest BCUT2D eigenvalue weighted by molar-refractivity contribution is 0.0594. The van der Waals surface area contributed by atoms with Crippen molar-refractivity contribution in [1.82, 2.24) is 29.3 Å². The molecule has 5 rings (SSSR count). The fraction of sp³-hybridized carbons (Fsp3) is 0.568. The summed E-state index contributed by atoms with van der Waals surface area (Å²) >= 11 is 0. The first-order valence-electron chi connectivity index (χ1n) is 17.3. The van der Waals surface area contributed by atoms with Crippen LogP contribution in [0.1, 0.15) is 102 Å². The Balaban J connectivity index is 1.09. The second-order valence-corrected chi connectivity index (χ2v) is 14.3. The molecule has 5 heterocycles. The molecule has 0 radical (unpaired) electrons. The highest BCUT2D eigenvalue weighted by Crippen LogP contribution is 2.37. The molecule has 0 aliphatic carbocycles. The molecule has 4 aromatic heterocycles. The quantitative estimate of drug-likeness (QED) is 0.0791. The summed E-state index contributed by atoms with van der Waals surface area (Å²) in [5.74, 6) is -0.473. The van der Waals surface area contributed by atoms with Gasteiger partial charge < -0.3 is 18.9 Å². The number of methoxy groups -OCH3 is 1. The average molecular weight is 655 g/mol. The van der Waals surface area contributed by atoms with Gasteiger partial charge in [0.2, 0.25) is 0 Å². The zero-order valence-corrected chi connectivity index (χ0v) is 29.0. The Hall–Kier alpha value is -4.30. The third kappa shape index (κ3) is 8.78. The lowest BCUT2D eigenvalue weighted by Gasteiger charge is -2.50. The van der Waals surface area contributed by atoms with Gasteiger partial charge in [-0.15, -0.1) is 0 Å². The summed E-state index contributed by atoms with van der Waals surface area (Å²) in [4.78, 5) is 27.2. The molecule has 0 aromatic carbocycles. The van der Waals surface area contributed by atoms with Gasteiger partial charge >= 0.3 is 5.97 Å². The Labute approximate surface area is 284 Å². The molecule has 0 unspecified atom stereocenters. The van der Waals surface area contributed by atoms with Crippen LogP contribution in [0.5, 0.6) is 0 Å². The summed E-state index contributed by atoms with van der Waals surface area (Å²) in [6.07, 6.45) is 22.3. The van der Waals surface area contributed by atoms with E-state index in [1.807, 2.05) is 33.8 Å². The number of fused-ring (bicyclic) bond motifs is 1. The van der Waals surface area contributed by atoms with Crippen molar-refractivity contribution in [2.75, 3.05) is 31.7 Å². The second-order valence-electron chi connectivity index (χ2n) is 14.3. The number of hydrogen-bond donors (Lipinski definition) is 0. The van der Waals surface area contributed by atoms with E-state index in [9.17, 15) is 10.1 Å². The average Bonchev–Trinajstić information content (AvgIpc) is 3.72. The first-order chi connectivity index (χ1) is 23.2. The van der Waals surface area contributed by atoms with Gasteiger partial charge in [-0.1, -0.05) is 72.1 Å². The van der Waals surface area contributed by atoms with Crippen LogP contribution in [0.3, 0.4) is 0 Å². The second kappa shape index (κ2) is 16.2. The van der Waals surface area contributed by atoms with Gasteiger partial charge in [-0.2, -0.15) is 10.4 Å². The zero-order valence-electron chi connectivity index (χ0n) is 29.0. The van der Waals surface area contributed by atoms with Crippen LogP contribution < -0.4 is 4.90 Å². The topological polar surface area (TPSA) is 124 Å². The lowest BCUT2D eigenvalue weighted by atomic mass is 9.86. The van der Waals surface area contributed by atoms with Crippen molar-refractivity contribution in [2.24, 2.45) is 5.41 Å². The molecule has 11 heteroatoms. The van der Waals surface area contributed by atoms with Gasteiger partial charge in [0, 0.05) is 43.0 Å².